The van der Waals surface area contributed by atoms with Crippen LogP contribution in [0, 0.1) is 5.92 Å². The molecule has 0 amide bonds. The standard InChI is InChI=1S/C17H22O3S/c1-12-15(21-14-8-6-13(19-2)7-9-14)17(20-16(12)18)10-4-3-5-11-17/h6-9,12,15H,3-5,10-11H2,1-2H3/t12-,15-/m0/s1. The third-order valence-corrected chi connectivity index (χ3v) is 6.31. The van der Waals surface area contributed by atoms with Gasteiger partial charge in [0.2, 0.25) is 0 Å². The number of carbonyl (C=O) groups is 1. The number of methoxy groups -OCH3 is 1. The van der Waals surface area contributed by atoms with Gasteiger partial charge in [-0.15, -0.1) is 11.8 Å². The van der Waals surface area contributed by atoms with E-state index in [0.717, 1.165) is 18.6 Å². The van der Waals surface area contributed by atoms with Crippen LogP contribution in [0.2, 0.25) is 0 Å². The molecule has 1 aliphatic heterocycles. The van der Waals surface area contributed by atoms with Crippen molar-refractivity contribution in [1.29, 1.82) is 0 Å². The molecule has 1 aromatic carbocycles. The topological polar surface area (TPSA) is 35.5 Å². The van der Waals surface area contributed by atoms with Crippen LogP contribution in [-0.2, 0) is 9.53 Å². The Kier molecular flexibility index (Phi) is 4.16. The Labute approximate surface area is 130 Å². The lowest BCUT2D eigenvalue weighted by molar-refractivity contribution is -0.152. The van der Waals surface area contributed by atoms with Crippen LogP contribution in [0.4, 0.5) is 0 Å². The van der Waals surface area contributed by atoms with Gasteiger partial charge in [-0.1, -0.05) is 13.3 Å². The molecule has 0 unspecified atom stereocenters. The molecule has 2 fully saturated rings. The minimum Gasteiger partial charge on any atom is -0.497 e. The predicted octanol–water partition coefficient (Wildman–Crippen LogP) is 4.05. The summed E-state index contributed by atoms with van der Waals surface area (Å²) in [5, 5.41) is 0.221. The maximum atomic E-state index is 12.1. The van der Waals surface area contributed by atoms with Gasteiger partial charge in [-0.05, 0) is 49.9 Å². The number of rotatable bonds is 3. The fourth-order valence-corrected chi connectivity index (χ4v) is 4.88. The van der Waals surface area contributed by atoms with E-state index in [1.165, 1.54) is 24.2 Å². The molecular weight excluding hydrogens is 284 g/mol. The summed E-state index contributed by atoms with van der Waals surface area (Å²) < 4.78 is 11.0. The van der Waals surface area contributed by atoms with Crippen LogP contribution in [0.15, 0.2) is 29.2 Å². The monoisotopic (exact) mass is 306 g/mol. The maximum absolute atomic E-state index is 12.1. The van der Waals surface area contributed by atoms with Gasteiger partial charge in [0, 0.05) is 4.90 Å². The van der Waals surface area contributed by atoms with Crippen LogP contribution >= 0.6 is 11.8 Å². The van der Waals surface area contributed by atoms with Crippen molar-refractivity contribution in [3.05, 3.63) is 24.3 Å². The first-order valence-electron chi connectivity index (χ1n) is 7.68. The first kappa shape index (κ1) is 14.8. The van der Waals surface area contributed by atoms with Crippen molar-refractivity contribution in [2.24, 2.45) is 5.92 Å². The smallest absolute Gasteiger partial charge is 0.310 e. The van der Waals surface area contributed by atoms with Gasteiger partial charge in [0.1, 0.15) is 11.4 Å². The Morgan fingerprint density at radius 3 is 2.48 bits per heavy atom. The number of carbonyl (C=O) groups excluding carboxylic acids is 1. The lowest BCUT2D eigenvalue weighted by Gasteiger charge is -2.37. The van der Waals surface area contributed by atoms with Crippen molar-refractivity contribution in [3.63, 3.8) is 0 Å². The van der Waals surface area contributed by atoms with Gasteiger partial charge in [0.25, 0.3) is 0 Å². The zero-order chi connectivity index (χ0) is 14.9. The second-order valence-electron chi connectivity index (χ2n) is 6.05. The van der Waals surface area contributed by atoms with Gasteiger partial charge in [-0.2, -0.15) is 0 Å². The van der Waals surface area contributed by atoms with E-state index < -0.39 is 0 Å². The van der Waals surface area contributed by atoms with Gasteiger partial charge in [0.05, 0.1) is 18.3 Å². The highest BCUT2D eigenvalue weighted by Gasteiger charge is 2.54. The average Bonchev–Trinajstić information content (AvgIpc) is 2.73. The summed E-state index contributed by atoms with van der Waals surface area (Å²) in [5.41, 5.74) is -0.237. The van der Waals surface area contributed by atoms with E-state index in [9.17, 15) is 4.79 Å². The Bertz CT molecular complexity index is 505. The van der Waals surface area contributed by atoms with Crippen LogP contribution in [0.3, 0.4) is 0 Å². The minimum absolute atomic E-state index is 0.0251. The first-order valence-corrected chi connectivity index (χ1v) is 8.56. The summed E-state index contributed by atoms with van der Waals surface area (Å²) in [6.07, 6.45) is 5.61. The second-order valence-corrected chi connectivity index (χ2v) is 7.26. The molecular formula is C17H22O3S. The van der Waals surface area contributed by atoms with Crippen molar-refractivity contribution in [2.75, 3.05) is 7.11 Å². The molecule has 0 bridgehead atoms. The average molecular weight is 306 g/mol. The van der Waals surface area contributed by atoms with E-state index in [2.05, 4.69) is 12.1 Å². The number of esters is 1. The molecule has 1 aliphatic carbocycles. The third kappa shape index (κ3) is 2.78. The van der Waals surface area contributed by atoms with Crippen LogP contribution in [-0.4, -0.2) is 23.9 Å². The lowest BCUT2D eigenvalue weighted by atomic mass is 9.80. The lowest BCUT2D eigenvalue weighted by Crippen LogP contribution is -2.40. The van der Waals surface area contributed by atoms with Crippen LogP contribution < -0.4 is 4.74 Å². The summed E-state index contributed by atoms with van der Waals surface area (Å²) in [4.78, 5) is 13.3. The summed E-state index contributed by atoms with van der Waals surface area (Å²) >= 11 is 1.79. The van der Waals surface area contributed by atoms with Crippen LogP contribution in [0.25, 0.3) is 0 Å². The molecule has 2 atom stereocenters. The highest BCUT2D eigenvalue weighted by molar-refractivity contribution is 8.00. The van der Waals surface area contributed by atoms with Gasteiger partial charge in [0.15, 0.2) is 0 Å². The van der Waals surface area contributed by atoms with E-state index in [4.69, 9.17) is 9.47 Å². The first-order chi connectivity index (χ1) is 10.1. The highest BCUT2D eigenvalue weighted by Crippen LogP contribution is 2.49. The Morgan fingerprint density at radius 1 is 1.19 bits per heavy atom. The number of ether oxygens (including phenoxy) is 2. The molecule has 3 rings (SSSR count). The van der Waals surface area contributed by atoms with E-state index >= 15 is 0 Å². The van der Waals surface area contributed by atoms with Crippen molar-refractivity contribution >= 4 is 17.7 Å². The molecule has 1 spiro atoms. The van der Waals surface area contributed by atoms with E-state index in [1.54, 1.807) is 18.9 Å². The third-order valence-electron chi connectivity index (χ3n) is 4.67. The van der Waals surface area contributed by atoms with Gasteiger partial charge in [-0.25, -0.2) is 0 Å². The molecule has 1 saturated heterocycles. The molecule has 21 heavy (non-hydrogen) atoms. The number of benzene rings is 1. The molecule has 114 valence electrons. The molecule has 4 heteroatoms. The fraction of sp³-hybridized carbons (Fsp3) is 0.588. The fourth-order valence-electron chi connectivity index (χ4n) is 3.48. The summed E-state index contributed by atoms with van der Waals surface area (Å²) in [7, 11) is 1.67. The van der Waals surface area contributed by atoms with E-state index in [-0.39, 0.29) is 22.7 Å². The van der Waals surface area contributed by atoms with E-state index in [0.29, 0.717) is 0 Å². The van der Waals surface area contributed by atoms with Gasteiger partial charge in [-0.3, -0.25) is 4.79 Å². The summed E-state index contributed by atoms with van der Waals surface area (Å²) in [6, 6.07) is 8.07. The molecule has 2 aliphatic rings. The van der Waals surface area contributed by atoms with Crippen molar-refractivity contribution < 1.29 is 14.3 Å². The van der Waals surface area contributed by atoms with Gasteiger partial charge >= 0.3 is 5.97 Å². The highest BCUT2D eigenvalue weighted by atomic mass is 32.2. The zero-order valence-electron chi connectivity index (χ0n) is 12.6. The number of hydrogen-bond acceptors (Lipinski definition) is 4. The Hall–Kier alpha value is -1.16. The normalized spacial score (nSPS) is 27.6. The van der Waals surface area contributed by atoms with Crippen molar-refractivity contribution in [2.45, 2.75) is 54.8 Å². The van der Waals surface area contributed by atoms with Crippen LogP contribution in [0.5, 0.6) is 5.75 Å². The quantitative estimate of drug-likeness (QED) is 0.789. The van der Waals surface area contributed by atoms with E-state index in [1.807, 2.05) is 19.1 Å². The Balaban J connectivity index is 1.81. The van der Waals surface area contributed by atoms with Crippen LogP contribution in [0.1, 0.15) is 39.0 Å². The zero-order valence-corrected chi connectivity index (χ0v) is 13.4. The molecule has 1 saturated carbocycles. The maximum Gasteiger partial charge on any atom is 0.310 e. The summed E-state index contributed by atoms with van der Waals surface area (Å²) in [6.45, 7) is 2.01. The second kappa shape index (κ2) is 5.91. The largest absolute Gasteiger partial charge is 0.497 e. The number of hydrogen-bond donors (Lipinski definition) is 0. The van der Waals surface area contributed by atoms with Gasteiger partial charge < -0.3 is 9.47 Å². The SMILES string of the molecule is COc1ccc(S[C@H]2[C@H](C)C(=O)OC23CCCCC3)cc1. The van der Waals surface area contributed by atoms with Crippen molar-refractivity contribution in [1.82, 2.24) is 0 Å². The number of thioether (sulfide) groups is 1. The molecule has 3 nitrogen and oxygen atoms in total. The molecule has 0 radical (unpaired) electrons. The van der Waals surface area contributed by atoms with Crippen molar-refractivity contribution in [3.8, 4) is 5.75 Å². The molecule has 0 aromatic heterocycles. The minimum atomic E-state index is -0.237. The Morgan fingerprint density at radius 2 is 1.86 bits per heavy atom. The molecule has 1 aromatic rings. The molecule has 1 heterocycles. The summed E-state index contributed by atoms with van der Waals surface area (Å²) in [5.74, 6) is 0.802. The molecule has 0 N–H and O–H groups in total. The predicted molar refractivity (Wildman–Crippen MR) is 83.7 cm³/mol.